The third-order valence-electron chi connectivity index (χ3n) is 6.12. The number of fused-ring (bicyclic) bond motifs is 1. The number of carbonyl (C=O) groups is 1. The van der Waals surface area contributed by atoms with Gasteiger partial charge in [0.1, 0.15) is 10.4 Å². The Morgan fingerprint density at radius 1 is 1.11 bits per heavy atom. The average molecular weight is 539 g/mol. The molecule has 1 saturated heterocycles. The van der Waals surface area contributed by atoms with Gasteiger partial charge in [0.15, 0.2) is 14.8 Å². The molecule has 1 fully saturated rings. The van der Waals surface area contributed by atoms with Crippen molar-refractivity contribution in [2.24, 2.45) is 0 Å². The maximum absolute atomic E-state index is 13.9. The Bertz CT molecular complexity index is 1530. The highest BCUT2D eigenvalue weighted by Crippen LogP contribution is 2.29. The van der Waals surface area contributed by atoms with Gasteiger partial charge in [0.25, 0.3) is 5.56 Å². The number of thioether (sulfide) groups is 1. The van der Waals surface area contributed by atoms with Crippen LogP contribution in [0.5, 0.6) is 5.75 Å². The van der Waals surface area contributed by atoms with Crippen LogP contribution in [0.4, 0.5) is 0 Å². The van der Waals surface area contributed by atoms with Gasteiger partial charge in [-0.2, -0.15) is 0 Å². The number of hydrogen-bond acceptors (Lipinski definition) is 7. The summed E-state index contributed by atoms with van der Waals surface area (Å²) in [6.45, 7) is 6.06. The quantitative estimate of drug-likeness (QED) is 0.179. The maximum atomic E-state index is 13.9. The number of hydrogen-bond donors (Lipinski definition) is 0. The Kier molecular flexibility index (Phi) is 7.27. The Morgan fingerprint density at radius 3 is 2.53 bits per heavy atom. The molecule has 0 spiro atoms. The molecule has 0 unspecified atom stereocenters. The Labute approximate surface area is 222 Å². The molecule has 1 amide bonds. The number of para-hydroxylation sites is 1. The minimum Gasteiger partial charge on any atom is -0.494 e. The van der Waals surface area contributed by atoms with Gasteiger partial charge in [-0.3, -0.25) is 18.7 Å². The van der Waals surface area contributed by atoms with Crippen molar-refractivity contribution < 1.29 is 9.53 Å². The van der Waals surface area contributed by atoms with E-state index in [1.807, 2.05) is 71.8 Å². The van der Waals surface area contributed by atoms with Crippen LogP contribution in [0.25, 0.3) is 21.7 Å². The zero-order valence-corrected chi connectivity index (χ0v) is 22.5. The average Bonchev–Trinajstić information content (AvgIpc) is 3.52. The monoisotopic (exact) mass is 538 g/mol. The number of benzene rings is 2. The van der Waals surface area contributed by atoms with E-state index in [2.05, 4.69) is 0 Å². The normalized spacial score (nSPS) is 13.4. The Morgan fingerprint density at radius 2 is 1.83 bits per heavy atom. The number of amides is 1. The number of ether oxygens (including phenoxy) is 1. The molecule has 0 aliphatic carbocycles. The van der Waals surface area contributed by atoms with Gasteiger partial charge in [-0.15, -0.1) is 0 Å². The molecular formula is C26H26N4O3S3. The number of aryl methyl sites for hydroxylation is 1. The van der Waals surface area contributed by atoms with Crippen LogP contribution in [0.3, 0.4) is 0 Å². The first-order chi connectivity index (χ1) is 17.5. The molecule has 36 heavy (non-hydrogen) atoms. The number of aromatic nitrogens is 3. The zero-order valence-electron chi connectivity index (χ0n) is 20.1. The topological polar surface area (TPSA) is 69.4 Å². The van der Waals surface area contributed by atoms with Gasteiger partial charge in [-0.05, 0) is 74.8 Å². The lowest BCUT2D eigenvalue weighted by Crippen LogP contribution is -2.29. The summed E-state index contributed by atoms with van der Waals surface area (Å²) in [4.78, 5) is 33.5. The van der Waals surface area contributed by atoms with Crippen molar-refractivity contribution in [3.05, 3.63) is 68.4 Å². The van der Waals surface area contributed by atoms with Crippen molar-refractivity contribution >= 4 is 51.6 Å². The van der Waals surface area contributed by atoms with Crippen LogP contribution in [0.15, 0.2) is 58.5 Å². The Hall–Kier alpha value is -2.95. The molecule has 7 nitrogen and oxygen atoms in total. The van der Waals surface area contributed by atoms with E-state index in [0.29, 0.717) is 31.8 Å². The second-order valence-corrected chi connectivity index (χ2v) is 11.1. The van der Waals surface area contributed by atoms with Gasteiger partial charge in [0.05, 0.1) is 23.7 Å². The van der Waals surface area contributed by atoms with Crippen molar-refractivity contribution in [3.63, 3.8) is 0 Å². The van der Waals surface area contributed by atoms with Gasteiger partial charge in [-0.1, -0.05) is 41.3 Å². The van der Waals surface area contributed by atoms with E-state index >= 15 is 0 Å². The molecule has 2 aromatic heterocycles. The number of carbonyl (C=O) groups excluding carboxylic acids is 1. The van der Waals surface area contributed by atoms with E-state index < -0.39 is 0 Å². The summed E-state index contributed by atoms with van der Waals surface area (Å²) in [7, 11) is 0. The molecule has 0 saturated carbocycles. The number of thiazole rings is 1. The van der Waals surface area contributed by atoms with Crippen LogP contribution in [0, 0.1) is 10.9 Å². The first-order valence-corrected chi connectivity index (χ1v) is 14.1. The van der Waals surface area contributed by atoms with Crippen LogP contribution < -0.4 is 10.3 Å². The van der Waals surface area contributed by atoms with E-state index in [1.54, 1.807) is 4.57 Å². The minimum absolute atomic E-state index is 0.0612. The van der Waals surface area contributed by atoms with Crippen molar-refractivity contribution in [3.8, 4) is 17.1 Å². The lowest BCUT2D eigenvalue weighted by atomic mass is 10.2. The highest BCUT2D eigenvalue weighted by molar-refractivity contribution is 7.99. The number of rotatable bonds is 7. The molecule has 0 atom stereocenters. The fraction of sp³-hybridized carbons (Fsp3) is 0.308. The molecular weight excluding hydrogens is 513 g/mol. The van der Waals surface area contributed by atoms with Crippen molar-refractivity contribution in [1.29, 1.82) is 0 Å². The van der Waals surface area contributed by atoms with Crippen molar-refractivity contribution in [2.45, 2.75) is 31.8 Å². The van der Waals surface area contributed by atoms with Crippen LogP contribution in [-0.2, 0) is 4.79 Å². The molecule has 186 valence electrons. The third-order valence-corrected chi connectivity index (χ3v) is 8.40. The van der Waals surface area contributed by atoms with E-state index in [1.165, 1.54) is 23.1 Å². The molecule has 0 bridgehead atoms. The maximum Gasteiger partial charge on any atom is 0.278 e. The molecule has 1 aliphatic heterocycles. The standard InChI is InChI=1S/C26H26N4O3S3/c1-3-33-19-12-10-18(11-13-19)29-24(32)22-23(27-25(29)35-16-21(31)28-14-6-7-15-28)30(26(34)36-22)20-9-5-4-8-17(20)2/h4-5,8-13H,3,6-7,14-16H2,1-2H3. The lowest BCUT2D eigenvalue weighted by molar-refractivity contribution is -0.127. The minimum atomic E-state index is -0.205. The molecule has 2 aromatic carbocycles. The SMILES string of the molecule is CCOc1ccc(-n2c(SCC(=O)N3CCCC3)nc3c(sc(=S)n3-c3ccccc3C)c2=O)cc1. The summed E-state index contributed by atoms with van der Waals surface area (Å²) < 4.78 is 10.0. The van der Waals surface area contributed by atoms with E-state index in [-0.39, 0.29) is 17.2 Å². The van der Waals surface area contributed by atoms with Gasteiger partial charge in [0, 0.05) is 13.1 Å². The smallest absolute Gasteiger partial charge is 0.278 e. The predicted octanol–water partition coefficient (Wildman–Crippen LogP) is 5.39. The lowest BCUT2D eigenvalue weighted by Gasteiger charge is -2.16. The van der Waals surface area contributed by atoms with Gasteiger partial charge in [0.2, 0.25) is 5.91 Å². The van der Waals surface area contributed by atoms with E-state index in [9.17, 15) is 9.59 Å². The predicted molar refractivity (Wildman–Crippen MR) is 148 cm³/mol. The number of nitrogens with zero attached hydrogens (tertiary/aromatic N) is 4. The van der Waals surface area contributed by atoms with Gasteiger partial charge < -0.3 is 9.64 Å². The molecule has 1 aliphatic rings. The highest BCUT2D eigenvalue weighted by Gasteiger charge is 2.22. The molecule has 0 N–H and O–H groups in total. The zero-order chi connectivity index (χ0) is 25.2. The summed E-state index contributed by atoms with van der Waals surface area (Å²) >= 11 is 8.23. The summed E-state index contributed by atoms with van der Waals surface area (Å²) in [5.41, 5.74) is 2.90. The summed E-state index contributed by atoms with van der Waals surface area (Å²) in [6.07, 6.45) is 2.06. The van der Waals surface area contributed by atoms with Gasteiger partial charge >= 0.3 is 0 Å². The first-order valence-electron chi connectivity index (χ1n) is 11.9. The molecule has 0 radical (unpaired) electrons. The molecule has 10 heteroatoms. The number of likely N-dealkylation sites (tertiary alicyclic amines) is 1. The van der Waals surface area contributed by atoms with Crippen LogP contribution in [0.2, 0.25) is 0 Å². The van der Waals surface area contributed by atoms with Crippen LogP contribution >= 0.6 is 35.3 Å². The van der Waals surface area contributed by atoms with E-state index in [0.717, 1.165) is 42.9 Å². The van der Waals surface area contributed by atoms with E-state index in [4.69, 9.17) is 21.9 Å². The van der Waals surface area contributed by atoms with Gasteiger partial charge in [-0.25, -0.2) is 4.98 Å². The molecule has 3 heterocycles. The summed E-state index contributed by atoms with van der Waals surface area (Å²) in [5, 5.41) is 0.458. The summed E-state index contributed by atoms with van der Waals surface area (Å²) in [5.74, 6) is 0.999. The fourth-order valence-electron chi connectivity index (χ4n) is 4.33. The fourth-order valence-corrected chi connectivity index (χ4v) is 6.53. The van der Waals surface area contributed by atoms with Crippen molar-refractivity contribution in [1.82, 2.24) is 19.0 Å². The largest absolute Gasteiger partial charge is 0.494 e. The Balaban J connectivity index is 1.66. The first kappa shape index (κ1) is 24.7. The highest BCUT2D eigenvalue weighted by atomic mass is 32.2. The van der Waals surface area contributed by atoms with Crippen LogP contribution in [0.1, 0.15) is 25.3 Å². The van der Waals surface area contributed by atoms with Crippen molar-refractivity contribution in [2.75, 3.05) is 25.4 Å². The van der Waals surface area contributed by atoms with Crippen LogP contribution in [-0.4, -0.2) is 50.4 Å². The third kappa shape index (κ3) is 4.72. The summed E-state index contributed by atoms with van der Waals surface area (Å²) in [6, 6.07) is 15.2. The molecule has 5 rings (SSSR count). The second kappa shape index (κ2) is 10.6. The molecule has 4 aromatic rings. The second-order valence-electron chi connectivity index (χ2n) is 8.48.